The molecule has 1 amide bonds. The fourth-order valence-corrected chi connectivity index (χ4v) is 3.04. The van der Waals surface area contributed by atoms with Crippen LogP contribution in [0.15, 0.2) is 59.7 Å². The molecule has 0 bridgehead atoms. The first-order valence-corrected chi connectivity index (χ1v) is 8.69. The topological polar surface area (TPSA) is 95.1 Å². The second kappa shape index (κ2) is 7.36. The molecule has 0 spiro atoms. The Bertz CT molecular complexity index is 982. The Morgan fingerprint density at radius 3 is 2.33 bits per heavy atom. The Morgan fingerprint density at radius 2 is 1.67 bits per heavy atom. The maximum atomic E-state index is 12.7. The van der Waals surface area contributed by atoms with Gasteiger partial charge in [-0.25, -0.2) is 9.97 Å². The van der Waals surface area contributed by atoms with Crippen LogP contribution in [0.2, 0.25) is 0 Å². The third-order valence-electron chi connectivity index (χ3n) is 4.49. The van der Waals surface area contributed by atoms with E-state index in [1.165, 1.54) is 6.07 Å². The van der Waals surface area contributed by atoms with Crippen LogP contribution in [-0.4, -0.2) is 57.2 Å². The minimum Gasteiger partial charge on any atom is -0.337 e. The van der Waals surface area contributed by atoms with Crippen LogP contribution in [0, 0.1) is 0 Å². The van der Waals surface area contributed by atoms with E-state index in [2.05, 4.69) is 20.2 Å². The number of nitrogens with zero attached hydrogens (tertiary/aromatic N) is 5. The van der Waals surface area contributed by atoms with E-state index in [0.29, 0.717) is 37.8 Å². The number of hydrogen-bond acceptors (Lipinski definition) is 6. The molecule has 8 heteroatoms. The smallest absolute Gasteiger partial charge is 0.278 e. The molecule has 3 heterocycles. The zero-order valence-corrected chi connectivity index (χ0v) is 14.6. The van der Waals surface area contributed by atoms with Crippen LogP contribution in [0.3, 0.4) is 0 Å². The largest absolute Gasteiger partial charge is 0.337 e. The van der Waals surface area contributed by atoms with E-state index in [1.807, 2.05) is 35.2 Å². The molecule has 1 saturated heterocycles. The quantitative estimate of drug-likeness (QED) is 0.752. The minimum atomic E-state index is -0.383. The van der Waals surface area contributed by atoms with Crippen LogP contribution in [0.5, 0.6) is 0 Å². The molecule has 1 aliphatic rings. The number of anilines is 1. The SMILES string of the molecule is O=C(c1n[nH]c(-c2ccccc2)cc1=O)N1CCN(c2ncccn2)CC1. The molecule has 0 radical (unpaired) electrons. The molecule has 1 N–H and O–H groups in total. The van der Waals surface area contributed by atoms with Crippen LogP contribution in [0.1, 0.15) is 10.5 Å². The van der Waals surface area contributed by atoms with Crippen LogP contribution >= 0.6 is 0 Å². The fraction of sp³-hybridized carbons (Fsp3) is 0.211. The summed E-state index contributed by atoms with van der Waals surface area (Å²) in [7, 11) is 0. The van der Waals surface area contributed by atoms with E-state index in [-0.39, 0.29) is 17.0 Å². The summed E-state index contributed by atoms with van der Waals surface area (Å²) in [6, 6.07) is 12.6. The fourth-order valence-electron chi connectivity index (χ4n) is 3.04. The highest BCUT2D eigenvalue weighted by molar-refractivity contribution is 5.92. The van der Waals surface area contributed by atoms with Crippen molar-refractivity contribution >= 4 is 11.9 Å². The molecular weight excluding hydrogens is 344 g/mol. The average Bonchev–Trinajstić information content (AvgIpc) is 2.74. The van der Waals surface area contributed by atoms with Crippen molar-refractivity contribution in [1.29, 1.82) is 0 Å². The Morgan fingerprint density at radius 1 is 0.963 bits per heavy atom. The van der Waals surface area contributed by atoms with Gasteiger partial charge in [-0.15, -0.1) is 0 Å². The zero-order valence-electron chi connectivity index (χ0n) is 14.6. The van der Waals surface area contributed by atoms with Gasteiger partial charge in [0.1, 0.15) is 0 Å². The number of carbonyl (C=O) groups excluding carboxylic acids is 1. The molecular formula is C19H18N6O2. The van der Waals surface area contributed by atoms with Gasteiger partial charge in [-0.3, -0.25) is 14.7 Å². The van der Waals surface area contributed by atoms with E-state index in [1.54, 1.807) is 23.4 Å². The molecule has 1 aliphatic heterocycles. The molecule has 8 nitrogen and oxygen atoms in total. The molecule has 0 unspecified atom stereocenters. The Balaban J connectivity index is 1.47. The molecule has 136 valence electrons. The number of piperazine rings is 1. The lowest BCUT2D eigenvalue weighted by molar-refractivity contribution is 0.0737. The van der Waals surface area contributed by atoms with Crippen LogP contribution in [0.4, 0.5) is 5.95 Å². The summed E-state index contributed by atoms with van der Waals surface area (Å²) < 4.78 is 0. The minimum absolute atomic E-state index is 0.0842. The lowest BCUT2D eigenvalue weighted by Gasteiger charge is -2.34. The molecule has 4 rings (SSSR count). The summed E-state index contributed by atoms with van der Waals surface area (Å²) in [4.78, 5) is 37.2. The molecule has 3 aromatic rings. The van der Waals surface area contributed by atoms with Gasteiger partial charge < -0.3 is 9.80 Å². The van der Waals surface area contributed by atoms with E-state index in [9.17, 15) is 9.59 Å². The second-order valence-electron chi connectivity index (χ2n) is 6.19. The number of hydrogen-bond donors (Lipinski definition) is 1. The van der Waals surface area contributed by atoms with Crippen molar-refractivity contribution in [2.75, 3.05) is 31.1 Å². The van der Waals surface area contributed by atoms with E-state index in [0.717, 1.165) is 5.56 Å². The maximum absolute atomic E-state index is 12.7. The Labute approximate surface area is 155 Å². The summed E-state index contributed by atoms with van der Waals surface area (Å²) in [5.74, 6) is 0.289. The molecule has 27 heavy (non-hydrogen) atoms. The summed E-state index contributed by atoms with van der Waals surface area (Å²) in [6.07, 6.45) is 3.38. The first-order chi connectivity index (χ1) is 13.2. The van der Waals surface area contributed by atoms with Crippen molar-refractivity contribution in [3.05, 3.63) is 70.8 Å². The standard InChI is InChI=1S/C19H18N6O2/c26-16-13-15(14-5-2-1-3-6-14)22-23-17(16)18(27)24-9-11-25(12-10-24)19-20-7-4-8-21-19/h1-8,13H,9-12H2,(H,22,26). The van der Waals surface area contributed by atoms with Gasteiger partial charge in [-0.05, 0) is 11.6 Å². The van der Waals surface area contributed by atoms with E-state index < -0.39 is 0 Å². The second-order valence-corrected chi connectivity index (χ2v) is 6.19. The molecule has 0 saturated carbocycles. The number of amides is 1. The molecule has 2 aromatic heterocycles. The summed E-state index contributed by atoms with van der Waals surface area (Å²) in [5.41, 5.74) is 0.964. The first kappa shape index (κ1) is 16.9. The molecule has 1 aromatic carbocycles. The van der Waals surface area contributed by atoms with Gasteiger partial charge in [0.25, 0.3) is 5.91 Å². The number of carbonyl (C=O) groups is 1. The van der Waals surface area contributed by atoms with Gasteiger partial charge in [-0.2, -0.15) is 5.10 Å². The van der Waals surface area contributed by atoms with Crippen molar-refractivity contribution in [2.24, 2.45) is 0 Å². The van der Waals surface area contributed by atoms with E-state index >= 15 is 0 Å². The number of benzene rings is 1. The zero-order chi connectivity index (χ0) is 18.6. The first-order valence-electron chi connectivity index (χ1n) is 8.69. The van der Waals surface area contributed by atoms with Gasteiger partial charge in [0, 0.05) is 44.6 Å². The number of aromatic amines is 1. The number of H-pyrrole nitrogens is 1. The van der Waals surface area contributed by atoms with Gasteiger partial charge in [-0.1, -0.05) is 30.3 Å². The summed E-state index contributed by atoms with van der Waals surface area (Å²) in [5, 5.41) is 6.86. The third-order valence-corrected chi connectivity index (χ3v) is 4.49. The summed E-state index contributed by atoms with van der Waals surface area (Å²) in [6.45, 7) is 2.18. The van der Waals surface area contributed by atoms with Crippen molar-refractivity contribution in [3.8, 4) is 11.3 Å². The van der Waals surface area contributed by atoms with Gasteiger partial charge >= 0.3 is 0 Å². The number of rotatable bonds is 3. The normalized spacial score (nSPS) is 14.2. The third kappa shape index (κ3) is 3.55. The van der Waals surface area contributed by atoms with Crippen LogP contribution < -0.4 is 10.3 Å². The van der Waals surface area contributed by atoms with Gasteiger partial charge in [0.2, 0.25) is 11.4 Å². The van der Waals surface area contributed by atoms with Crippen LogP contribution in [-0.2, 0) is 0 Å². The van der Waals surface area contributed by atoms with Gasteiger partial charge in [0.15, 0.2) is 5.69 Å². The van der Waals surface area contributed by atoms with Crippen molar-refractivity contribution < 1.29 is 4.79 Å². The highest BCUT2D eigenvalue weighted by Gasteiger charge is 2.26. The van der Waals surface area contributed by atoms with Crippen LogP contribution in [0.25, 0.3) is 11.3 Å². The monoisotopic (exact) mass is 362 g/mol. The molecule has 1 fully saturated rings. The maximum Gasteiger partial charge on any atom is 0.278 e. The van der Waals surface area contributed by atoms with Crippen molar-refractivity contribution in [1.82, 2.24) is 25.1 Å². The summed E-state index contributed by atoms with van der Waals surface area (Å²) >= 11 is 0. The average molecular weight is 362 g/mol. The van der Waals surface area contributed by atoms with Crippen molar-refractivity contribution in [2.45, 2.75) is 0 Å². The van der Waals surface area contributed by atoms with Crippen molar-refractivity contribution in [3.63, 3.8) is 0 Å². The highest BCUT2D eigenvalue weighted by Crippen LogP contribution is 2.14. The predicted octanol–water partition coefficient (Wildman–Crippen LogP) is 1.19. The lowest BCUT2D eigenvalue weighted by Crippen LogP contribution is -2.50. The van der Waals surface area contributed by atoms with E-state index in [4.69, 9.17) is 0 Å². The molecule has 0 aliphatic carbocycles. The number of nitrogens with one attached hydrogen (secondary N) is 1. The number of aromatic nitrogens is 4. The lowest BCUT2D eigenvalue weighted by atomic mass is 10.1. The molecule has 0 atom stereocenters. The predicted molar refractivity (Wildman–Crippen MR) is 100 cm³/mol. The van der Waals surface area contributed by atoms with Gasteiger partial charge in [0.05, 0.1) is 5.69 Å². The highest BCUT2D eigenvalue weighted by atomic mass is 16.2. The Hall–Kier alpha value is -3.55. The Kier molecular flexibility index (Phi) is 4.61.